The lowest BCUT2D eigenvalue weighted by atomic mass is 9.84. The van der Waals surface area contributed by atoms with Crippen molar-refractivity contribution in [2.45, 2.75) is 39.7 Å². The summed E-state index contributed by atoms with van der Waals surface area (Å²) in [5.41, 5.74) is 0. The summed E-state index contributed by atoms with van der Waals surface area (Å²) >= 11 is 0. The molecule has 0 radical (unpaired) electrons. The molecule has 2 rings (SSSR count). The van der Waals surface area contributed by atoms with Crippen molar-refractivity contribution in [3.8, 4) is 0 Å². The van der Waals surface area contributed by atoms with E-state index in [0.29, 0.717) is 36.5 Å². The first-order valence-corrected chi connectivity index (χ1v) is 7.30. The van der Waals surface area contributed by atoms with Gasteiger partial charge >= 0.3 is 0 Å². The van der Waals surface area contributed by atoms with Crippen LogP contribution in [0.4, 0.5) is 0 Å². The van der Waals surface area contributed by atoms with Gasteiger partial charge in [-0.3, -0.25) is 4.79 Å². The molecule has 1 fully saturated rings. The number of piperidine rings is 1. The number of nitrogens with one attached hydrogen (secondary N) is 1. The van der Waals surface area contributed by atoms with Crippen molar-refractivity contribution in [3.05, 3.63) is 11.7 Å². The van der Waals surface area contributed by atoms with E-state index in [1.54, 1.807) is 18.9 Å². The summed E-state index contributed by atoms with van der Waals surface area (Å²) in [6, 6.07) is 0. The Balaban J connectivity index is 1.80. The van der Waals surface area contributed by atoms with Gasteiger partial charge in [0.05, 0.1) is 6.54 Å². The van der Waals surface area contributed by atoms with Gasteiger partial charge in [-0.05, 0) is 37.8 Å². The summed E-state index contributed by atoms with van der Waals surface area (Å²) in [6.45, 7) is 6.48. The van der Waals surface area contributed by atoms with Crippen LogP contribution in [0, 0.1) is 18.8 Å². The van der Waals surface area contributed by atoms with Gasteiger partial charge in [0.25, 0.3) is 0 Å². The Bertz CT molecular complexity index is 440. The molecule has 1 amide bonds. The molecule has 6 nitrogen and oxygen atoms in total. The molecule has 0 spiro atoms. The van der Waals surface area contributed by atoms with Gasteiger partial charge in [0.15, 0.2) is 5.82 Å². The van der Waals surface area contributed by atoms with Crippen LogP contribution in [0.25, 0.3) is 0 Å². The summed E-state index contributed by atoms with van der Waals surface area (Å²) in [5, 5.41) is 7.18. The Hall–Kier alpha value is -1.43. The highest BCUT2D eigenvalue weighted by molar-refractivity contribution is 5.76. The van der Waals surface area contributed by atoms with Crippen LogP contribution in [0.3, 0.4) is 0 Å². The highest BCUT2D eigenvalue weighted by Gasteiger charge is 2.23. The van der Waals surface area contributed by atoms with Crippen LogP contribution in [-0.4, -0.2) is 41.1 Å². The monoisotopic (exact) mass is 280 g/mol. The Morgan fingerprint density at radius 2 is 2.20 bits per heavy atom. The molecule has 0 saturated carbocycles. The Morgan fingerprint density at radius 1 is 1.50 bits per heavy atom. The molecule has 1 aliphatic heterocycles. The quantitative estimate of drug-likeness (QED) is 0.882. The van der Waals surface area contributed by atoms with E-state index in [1.807, 2.05) is 0 Å². The van der Waals surface area contributed by atoms with Gasteiger partial charge in [-0.15, -0.1) is 0 Å². The van der Waals surface area contributed by atoms with Crippen molar-refractivity contribution >= 4 is 5.91 Å². The number of hydrogen-bond donors (Lipinski definition) is 1. The third-order valence-electron chi connectivity index (χ3n) is 4.06. The maximum atomic E-state index is 12.2. The molecule has 20 heavy (non-hydrogen) atoms. The van der Waals surface area contributed by atoms with Crippen LogP contribution in [0.1, 0.15) is 37.9 Å². The molecule has 2 heterocycles. The minimum absolute atomic E-state index is 0.151. The molecular weight excluding hydrogens is 256 g/mol. The molecule has 0 bridgehead atoms. The normalized spacial score (nSPS) is 17.9. The lowest BCUT2D eigenvalue weighted by Crippen LogP contribution is -2.34. The first-order valence-electron chi connectivity index (χ1n) is 7.30. The average molecular weight is 280 g/mol. The van der Waals surface area contributed by atoms with E-state index in [0.717, 1.165) is 13.1 Å². The van der Waals surface area contributed by atoms with Gasteiger partial charge < -0.3 is 14.7 Å². The van der Waals surface area contributed by atoms with Crippen molar-refractivity contribution in [3.63, 3.8) is 0 Å². The fourth-order valence-electron chi connectivity index (χ4n) is 2.72. The van der Waals surface area contributed by atoms with Crippen molar-refractivity contribution in [1.82, 2.24) is 20.4 Å². The van der Waals surface area contributed by atoms with Crippen LogP contribution >= 0.6 is 0 Å². The summed E-state index contributed by atoms with van der Waals surface area (Å²) in [7, 11) is 1.79. The van der Waals surface area contributed by atoms with E-state index in [-0.39, 0.29) is 5.91 Å². The molecule has 1 unspecified atom stereocenters. The maximum Gasteiger partial charge on any atom is 0.223 e. The Labute approximate surface area is 119 Å². The average Bonchev–Trinajstić information content (AvgIpc) is 2.85. The van der Waals surface area contributed by atoms with Crippen LogP contribution in [0.5, 0.6) is 0 Å². The third kappa shape index (κ3) is 4.03. The number of carbonyl (C=O) groups is 1. The number of rotatable bonds is 5. The minimum atomic E-state index is 0.151. The number of carbonyl (C=O) groups excluding carboxylic acids is 1. The number of aromatic nitrogens is 2. The van der Waals surface area contributed by atoms with E-state index >= 15 is 0 Å². The van der Waals surface area contributed by atoms with Crippen molar-refractivity contribution in [2.75, 3.05) is 20.1 Å². The number of nitrogens with zero attached hydrogens (tertiary/aromatic N) is 3. The second-order valence-corrected chi connectivity index (χ2v) is 5.75. The molecule has 1 saturated heterocycles. The zero-order chi connectivity index (χ0) is 14.5. The summed E-state index contributed by atoms with van der Waals surface area (Å²) in [4.78, 5) is 18.0. The smallest absolute Gasteiger partial charge is 0.223 e. The molecule has 1 aromatic heterocycles. The number of aryl methyl sites for hydroxylation is 1. The molecule has 6 heteroatoms. The van der Waals surface area contributed by atoms with E-state index in [4.69, 9.17) is 4.52 Å². The fourth-order valence-corrected chi connectivity index (χ4v) is 2.72. The van der Waals surface area contributed by atoms with Gasteiger partial charge in [0.2, 0.25) is 11.8 Å². The molecule has 1 atom stereocenters. The molecule has 0 aromatic carbocycles. The van der Waals surface area contributed by atoms with Crippen LogP contribution < -0.4 is 5.32 Å². The lowest BCUT2D eigenvalue weighted by Gasteiger charge is -2.29. The van der Waals surface area contributed by atoms with E-state index in [2.05, 4.69) is 22.4 Å². The van der Waals surface area contributed by atoms with Crippen molar-refractivity contribution in [1.29, 1.82) is 0 Å². The van der Waals surface area contributed by atoms with Crippen molar-refractivity contribution in [2.24, 2.45) is 11.8 Å². The summed E-state index contributed by atoms with van der Waals surface area (Å²) < 4.78 is 4.92. The Kier molecular flexibility index (Phi) is 5.11. The predicted octanol–water partition coefficient (Wildman–Crippen LogP) is 1.36. The lowest BCUT2D eigenvalue weighted by molar-refractivity contribution is -0.131. The van der Waals surface area contributed by atoms with Crippen molar-refractivity contribution < 1.29 is 9.32 Å². The molecule has 1 aromatic rings. The van der Waals surface area contributed by atoms with Gasteiger partial charge in [-0.1, -0.05) is 12.1 Å². The maximum absolute atomic E-state index is 12.2. The number of amides is 1. The predicted molar refractivity (Wildman–Crippen MR) is 74.9 cm³/mol. The standard InChI is InChI=1S/C14H24N4O2/c1-10(12-4-6-15-7-5-12)8-14(19)18(3)9-13-16-11(2)20-17-13/h10,12,15H,4-9H2,1-3H3. The van der Waals surface area contributed by atoms with Crippen LogP contribution in [0.2, 0.25) is 0 Å². The van der Waals surface area contributed by atoms with Crippen LogP contribution in [-0.2, 0) is 11.3 Å². The largest absolute Gasteiger partial charge is 0.340 e. The zero-order valence-electron chi connectivity index (χ0n) is 12.6. The summed E-state index contributed by atoms with van der Waals surface area (Å²) in [6.07, 6.45) is 2.93. The van der Waals surface area contributed by atoms with Gasteiger partial charge in [-0.2, -0.15) is 4.98 Å². The second-order valence-electron chi connectivity index (χ2n) is 5.75. The molecule has 1 N–H and O–H groups in total. The molecule has 0 aliphatic carbocycles. The highest BCUT2D eigenvalue weighted by Crippen LogP contribution is 2.24. The zero-order valence-corrected chi connectivity index (χ0v) is 12.6. The van der Waals surface area contributed by atoms with E-state index in [1.165, 1.54) is 12.8 Å². The molecule has 112 valence electrons. The van der Waals surface area contributed by atoms with Crippen LogP contribution in [0.15, 0.2) is 4.52 Å². The Morgan fingerprint density at radius 3 is 2.80 bits per heavy atom. The van der Waals surface area contributed by atoms with E-state index < -0.39 is 0 Å². The van der Waals surface area contributed by atoms with E-state index in [9.17, 15) is 4.79 Å². The molecular formula is C14H24N4O2. The van der Waals surface area contributed by atoms with Gasteiger partial charge in [0, 0.05) is 20.4 Å². The van der Waals surface area contributed by atoms with Gasteiger partial charge in [-0.25, -0.2) is 0 Å². The fraction of sp³-hybridized carbons (Fsp3) is 0.786. The number of hydrogen-bond acceptors (Lipinski definition) is 5. The minimum Gasteiger partial charge on any atom is -0.340 e. The SMILES string of the molecule is Cc1nc(CN(C)C(=O)CC(C)C2CCNCC2)no1. The second kappa shape index (κ2) is 6.83. The summed E-state index contributed by atoms with van der Waals surface area (Å²) in [5.74, 6) is 2.33. The van der Waals surface area contributed by atoms with Gasteiger partial charge in [0.1, 0.15) is 0 Å². The first-order chi connectivity index (χ1) is 9.56. The topological polar surface area (TPSA) is 71.3 Å². The highest BCUT2D eigenvalue weighted by atomic mass is 16.5. The third-order valence-corrected chi connectivity index (χ3v) is 4.06. The first kappa shape index (κ1) is 15.0. The molecule has 1 aliphatic rings.